The molecule has 7 nitrogen and oxygen atoms in total. The van der Waals surface area contributed by atoms with Crippen molar-refractivity contribution in [1.29, 1.82) is 0 Å². The van der Waals surface area contributed by atoms with Crippen molar-refractivity contribution < 1.29 is 14.1 Å². The van der Waals surface area contributed by atoms with Crippen molar-refractivity contribution in [3.8, 4) is 0 Å². The molecule has 0 saturated carbocycles. The van der Waals surface area contributed by atoms with Crippen molar-refractivity contribution >= 4 is 11.8 Å². The normalized spacial score (nSPS) is 17.5. The summed E-state index contributed by atoms with van der Waals surface area (Å²) < 4.78 is 5.11. The van der Waals surface area contributed by atoms with Gasteiger partial charge in [-0.25, -0.2) is 0 Å². The first kappa shape index (κ1) is 13.3. The van der Waals surface area contributed by atoms with Crippen LogP contribution in [0.1, 0.15) is 41.0 Å². The second-order valence-electron chi connectivity index (χ2n) is 4.76. The zero-order valence-electron chi connectivity index (χ0n) is 11.2. The van der Waals surface area contributed by atoms with Gasteiger partial charge in [0.25, 0.3) is 5.91 Å². The molecule has 1 aliphatic heterocycles. The maximum Gasteiger partial charge on any atom is 0.251 e. The minimum atomic E-state index is -0.219. The van der Waals surface area contributed by atoms with E-state index in [4.69, 9.17) is 4.52 Å². The van der Waals surface area contributed by atoms with Crippen LogP contribution in [-0.4, -0.2) is 22.0 Å². The van der Waals surface area contributed by atoms with Crippen molar-refractivity contribution in [2.24, 2.45) is 0 Å². The predicted molar refractivity (Wildman–Crippen MR) is 72.0 cm³/mol. The van der Waals surface area contributed by atoms with E-state index in [1.54, 1.807) is 24.3 Å². The highest BCUT2D eigenvalue weighted by Gasteiger charge is 2.27. The minimum absolute atomic E-state index is 0.0165. The molecule has 1 atom stereocenters. The average Bonchev–Trinajstić information content (AvgIpc) is 3.14. The summed E-state index contributed by atoms with van der Waals surface area (Å²) in [5.74, 6) is 0.550. The molecule has 1 saturated heterocycles. The number of amides is 2. The quantitative estimate of drug-likeness (QED) is 0.872. The Morgan fingerprint density at radius 1 is 1.38 bits per heavy atom. The van der Waals surface area contributed by atoms with Crippen LogP contribution in [0.15, 0.2) is 34.9 Å². The Bertz CT molecular complexity index is 653. The molecule has 0 unspecified atom stereocenters. The standard InChI is InChI=1S/C14H14N4O3/c19-12-7-6-10(16-12)14-17-11(18-21-14)8-15-13(20)9-4-2-1-3-5-9/h1-5,10H,6-8H2,(H,15,20)(H,16,19)/t10-/m0/s1. The monoisotopic (exact) mass is 286 g/mol. The number of hydrogen-bond acceptors (Lipinski definition) is 5. The molecule has 1 fully saturated rings. The van der Waals surface area contributed by atoms with Gasteiger partial charge in [-0.15, -0.1) is 0 Å². The van der Waals surface area contributed by atoms with Crippen LogP contribution in [0.4, 0.5) is 0 Å². The minimum Gasteiger partial charge on any atom is -0.345 e. The first-order valence-electron chi connectivity index (χ1n) is 6.67. The van der Waals surface area contributed by atoms with Gasteiger partial charge in [-0.05, 0) is 18.6 Å². The Balaban J connectivity index is 1.58. The summed E-state index contributed by atoms with van der Waals surface area (Å²) >= 11 is 0. The smallest absolute Gasteiger partial charge is 0.251 e. The molecule has 0 bridgehead atoms. The molecule has 1 aromatic heterocycles. The molecule has 0 radical (unpaired) electrons. The molecule has 0 aliphatic carbocycles. The van der Waals surface area contributed by atoms with Crippen molar-refractivity contribution in [1.82, 2.24) is 20.8 Å². The van der Waals surface area contributed by atoms with Gasteiger partial charge in [0.15, 0.2) is 5.82 Å². The zero-order chi connectivity index (χ0) is 14.7. The second-order valence-corrected chi connectivity index (χ2v) is 4.76. The topological polar surface area (TPSA) is 97.1 Å². The van der Waals surface area contributed by atoms with E-state index >= 15 is 0 Å². The predicted octanol–water partition coefficient (Wildman–Crippen LogP) is 0.951. The van der Waals surface area contributed by atoms with Crippen LogP contribution in [0.5, 0.6) is 0 Å². The highest BCUT2D eigenvalue weighted by Crippen LogP contribution is 2.21. The van der Waals surface area contributed by atoms with E-state index < -0.39 is 0 Å². The summed E-state index contributed by atoms with van der Waals surface area (Å²) in [5, 5.41) is 9.27. The number of aromatic nitrogens is 2. The van der Waals surface area contributed by atoms with E-state index in [0.29, 0.717) is 30.1 Å². The number of hydrogen-bond donors (Lipinski definition) is 2. The van der Waals surface area contributed by atoms with Crippen molar-refractivity contribution in [2.75, 3.05) is 0 Å². The third-order valence-electron chi connectivity index (χ3n) is 3.22. The van der Waals surface area contributed by atoms with Crippen molar-refractivity contribution in [2.45, 2.75) is 25.4 Å². The van der Waals surface area contributed by atoms with Crippen LogP contribution in [-0.2, 0) is 11.3 Å². The van der Waals surface area contributed by atoms with Crippen LogP contribution in [0.3, 0.4) is 0 Å². The Morgan fingerprint density at radius 2 is 2.19 bits per heavy atom. The fourth-order valence-electron chi connectivity index (χ4n) is 2.13. The molecule has 1 aliphatic rings. The van der Waals surface area contributed by atoms with Gasteiger partial charge in [-0.3, -0.25) is 9.59 Å². The maximum atomic E-state index is 11.9. The third-order valence-corrected chi connectivity index (χ3v) is 3.22. The molecular weight excluding hydrogens is 272 g/mol. The van der Waals surface area contributed by atoms with Crippen molar-refractivity contribution in [3.05, 3.63) is 47.6 Å². The van der Waals surface area contributed by atoms with Crippen LogP contribution >= 0.6 is 0 Å². The molecule has 7 heteroatoms. The lowest BCUT2D eigenvalue weighted by Crippen LogP contribution is -2.23. The lowest BCUT2D eigenvalue weighted by Gasteiger charge is -2.02. The SMILES string of the molecule is O=C1CC[C@@H](c2nc(CNC(=O)c3ccccc3)no2)N1. The average molecular weight is 286 g/mol. The van der Waals surface area contributed by atoms with Gasteiger partial charge < -0.3 is 15.2 Å². The molecule has 2 aromatic rings. The Labute approximate surface area is 120 Å². The molecule has 2 N–H and O–H groups in total. The molecule has 3 rings (SSSR count). The molecule has 2 heterocycles. The summed E-state index contributed by atoms with van der Waals surface area (Å²) in [6, 6.07) is 8.67. The molecule has 1 aromatic carbocycles. The number of benzene rings is 1. The van der Waals surface area contributed by atoms with Crippen LogP contribution in [0.25, 0.3) is 0 Å². The van der Waals surface area contributed by atoms with Crippen molar-refractivity contribution in [3.63, 3.8) is 0 Å². The van der Waals surface area contributed by atoms with Gasteiger partial charge in [0, 0.05) is 12.0 Å². The van der Waals surface area contributed by atoms with Gasteiger partial charge in [0.05, 0.1) is 6.54 Å². The highest BCUT2D eigenvalue weighted by atomic mass is 16.5. The van der Waals surface area contributed by atoms with Crippen LogP contribution in [0, 0.1) is 0 Å². The van der Waals surface area contributed by atoms with E-state index in [-0.39, 0.29) is 24.4 Å². The number of carbonyl (C=O) groups is 2. The Hall–Kier alpha value is -2.70. The number of nitrogens with one attached hydrogen (secondary N) is 2. The Kier molecular flexibility index (Phi) is 3.63. The largest absolute Gasteiger partial charge is 0.345 e. The fraction of sp³-hybridized carbons (Fsp3) is 0.286. The van der Waals surface area contributed by atoms with Gasteiger partial charge in [-0.2, -0.15) is 4.98 Å². The summed E-state index contributed by atoms with van der Waals surface area (Å²) in [6.07, 6.45) is 1.12. The fourth-order valence-corrected chi connectivity index (χ4v) is 2.13. The van der Waals surface area contributed by atoms with Gasteiger partial charge in [-0.1, -0.05) is 23.4 Å². The third kappa shape index (κ3) is 3.07. The highest BCUT2D eigenvalue weighted by molar-refractivity contribution is 5.93. The van der Waals surface area contributed by atoms with E-state index in [0.717, 1.165) is 0 Å². The first-order valence-corrected chi connectivity index (χ1v) is 6.67. The lowest BCUT2D eigenvalue weighted by molar-refractivity contribution is -0.119. The summed E-state index contributed by atoms with van der Waals surface area (Å²) in [4.78, 5) is 27.2. The molecule has 0 spiro atoms. The zero-order valence-corrected chi connectivity index (χ0v) is 11.2. The second kappa shape index (κ2) is 5.74. The van der Waals surface area contributed by atoms with E-state index in [1.807, 2.05) is 6.07 Å². The summed E-state index contributed by atoms with van der Waals surface area (Å²) in [5.41, 5.74) is 0.573. The number of nitrogens with zero attached hydrogens (tertiary/aromatic N) is 2. The molecule has 108 valence electrons. The van der Waals surface area contributed by atoms with Crippen LogP contribution < -0.4 is 10.6 Å². The van der Waals surface area contributed by atoms with Gasteiger partial charge in [0.2, 0.25) is 11.8 Å². The first-order chi connectivity index (χ1) is 10.2. The van der Waals surface area contributed by atoms with Crippen LogP contribution in [0.2, 0.25) is 0 Å². The number of carbonyl (C=O) groups excluding carboxylic acids is 2. The van der Waals surface area contributed by atoms with E-state index in [9.17, 15) is 9.59 Å². The lowest BCUT2D eigenvalue weighted by atomic mass is 10.2. The molecule has 2 amide bonds. The summed E-state index contributed by atoms with van der Waals surface area (Å²) in [7, 11) is 0. The Morgan fingerprint density at radius 3 is 2.90 bits per heavy atom. The van der Waals surface area contributed by atoms with E-state index in [2.05, 4.69) is 20.8 Å². The summed E-state index contributed by atoms with van der Waals surface area (Å²) in [6.45, 7) is 0.178. The van der Waals surface area contributed by atoms with Gasteiger partial charge >= 0.3 is 0 Å². The molecular formula is C14H14N4O3. The molecule has 21 heavy (non-hydrogen) atoms. The number of rotatable bonds is 4. The maximum absolute atomic E-state index is 11.9. The van der Waals surface area contributed by atoms with E-state index in [1.165, 1.54) is 0 Å². The van der Waals surface area contributed by atoms with Gasteiger partial charge in [0.1, 0.15) is 6.04 Å².